The zero-order valence-corrected chi connectivity index (χ0v) is 12.6. The van der Waals surface area contributed by atoms with E-state index in [2.05, 4.69) is 31.0 Å². The summed E-state index contributed by atoms with van der Waals surface area (Å²) in [5.41, 5.74) is 0. The normalized spacial score (nSPS) is 40.2. The second-order valence-electron chi connectivity index (χ2n) is 7.09. The summed E-state index contributed by atoms with van der Waals surface area (Å²) in [7, 11) is 0. The van der Waals surface area contributed by atoms with Gasteiger partial charge in [0.1, 0.15) is 0 Å². The lowest BCUT2D eigenvalue weighted by molar-refractivity contribution is 0.150. The molecular formula is C16H32N2. The first-order chi connectivity index (χ1) is 8.63. The number of hydrogen-bond donors (Lipinski definition) is 1. The first-order valence-electron chi connectivity index (χ1n) is 8.09. The van der Waals surface area contributed by atoms with Gasteiger partial charge in [-0.25, -0.2) is 0 Å². The number of hydrogen-bond acceptors (Lipinski definition) is 2. The third-order valence-electron chi connectivity index (χ3n) is 4.91. The lowest BCUT2D eigenvalue weighted by Crippen LogP contribution is -2.44. The maximum absolute atomic E-state index is 3.64. The van der Waals surface area contributed by atoms with Crippen LogP contribution >= 0.6 is 0 Å². The summed E-state index contributed by atoms with van der Waals surface area (Å²) in [4.78, 5) is 2.75. The van der Waals surface area contributed by atoms with Gasteiger partial charge in [-0.3, -0.25) is 0 Å². The van der Waals surface area contributed by atoms with E-state index in [9.17, 15) is 0 Å². The molecule has 2 unspecified atom stereocenters. The summed E-state index contributed by atoms with van der Waals surface area (Å²) in [6.45, 7) is 12.3. The second-order valence-corrected chi connectivity index (χ2v) is 7.09. The summed E-state index contributed by atoms with van der Waals surface area (Å²) >= 11 is 0. The maximum atomic E-state index is 3.64. The van der Waals surface area contributed by atoms with Crippen LogP contribution in [0, 0.1) is 17.8 Å². The maximum Gasteiger partial charge on any atom is 0.00510 e. The van der Waals surface area contributed by atoms with Crippen LogP contribution in [0.15, 0.2) is 0 Å². The van der Waals surface area contributed by atoms with Gasteiger partial charge >= 0.3 is 0 Å². The molecule has 1 aliphatic carbocycles. The lowest BCUT2D eigenvalue weighted by atomic mass is 9.82. The smallest absolute Gasteiger partial charge is 0.00510 e. The van der Waals surface area contributed by atoms with Gasteiger partial charge in [-0.1, -0.05) is 26.7 Å². The van der Waals surface area contributed by atoms with Crippen LogP contribution in [-0.4, -0.2) is 37.1 Å². The minimum atomic E-state index is 0.696. The van der Waals surface area contributed by atoms with Gasteiger partial charge in [-0.05, 0) is 57.0 Å². The minimum Gasteiger partial charge on any atom is -0.314 e. The standard InChI is InChI=1S/C16H32N2/c1-13-4-6-16(7-5-13)12-18-9-8-15(3)17-10-14(2)11-18/h13-17H,4-12H2,1-3H3. The van der Waals surface area contributed by atoms with E-state index in [-0.39, 0.29) is 0 Å². The van der Waals surface area contributed by atoms with Crippen LogP contribution in [0.2, 0.25) is 0 Å². The van der Waals surface area contributed by atoms with Gasteiger partial charge in [-0.2, -0.15) is 0 Å². The van der Waals surface area contributed by atoms with Gasteiger partial charge in [0, 0.05) is 19.1 Å². The zero-order valence-electron chi connectivity index (χ0n) is 12.6. The third-order valence-corrected chi connectivity index (χ3v) is 4.91. The molecule has 0 radical (unpaired) electrons. The molecule has 2 fully saturated rings. The molecule has 2 nitrogen and oxygen atoms in total. The van der Waals surface area contributed by atoms with Gasteiger partial charge < -0.3 is 10.2 Å². The van der Waals surface area contributed by atoms with Crippen LogP contribution in [0.1, 0.15) is 52.9 Å². The molecule has 0 spiro atoms. The summed E-state index contributed by atoms with van der Waals surface area (Å²) < 4.78 is 0. The van der Waals surface area contributed by atoms with Crippen LogP contribution < -0.4 is 5.32 Å². The molecule has 2 atom stereocenters. The van der Waals surface area contributed by atoms with E-state index in [1.807, 2.05) is 0 Å². The molecule has 18 heavy (non-hydrogen) atoms. The van der Waals surface area contributed by atoms with E-state index in [1.165, 1.54) is 58.3 Å². The molecule has 0 aromatic carbocycles. The Bertz CT molecular complexity index is 233. The molecule has 1 N–H and O–H groups in total. The van der Waals surface area contributed by atoms with Gasteiger partial charge in [0.15, 0.2) is 0 Å². The van der Waals surface area contributed by atoms with Crippen molar-refractivity contribution in [3.05, 3.63) is 0 Å². The molecule has 0 aromatic rings. The predicted molar refractivity (Wildman–Crippen MR) is 78.8 cm³/mol. The highest BCUT2D eigenvalue weighted by molar-refractivity contribution is 4.78. The highest BCUT2D eigenvalue weighted by atomic mass is 15.1. The van der Waals surface area contributed by atoms with Crippen molar-refractivity contribution in [3.8, 4) is 0 Å². The summed E-state index contributed by atoms with van der Waals surface area (Å²) in [5, 5.41) is 3.64. The molecular weight excluding hydrogens is 220 g/mol. The van der Waals surface area contributed by atoms with Crippen molar-refractivity contribution in [1.29, 1.82) is 0 Å². The number of nitrogens with one attached hydrogen (secondary N) is 1. The molecule has 1 aliphatic heterocycles. The Balaban J connectivity index is 1.79. The molecule has 106 valence electrons. The Morgan fingerprint density at radius 2 is 1.67 bits per heavy atom. The first-order valence-corrected chi connectivity index (χ1v) is 8.09. The molecule has 2 rings (SSSR count). The Morgan fingerprint density at radius 1 is 0.944 bits per heavy atom. The molecule has 0 aromatic heterocycles. The van der Waals surface area contributed by atoms with Crippen molar-refractivity contribution in [1.82, 2.24) is 10.2 Å². The largest absolute Gasteiger partial charge is 0.314 e. The first kappa shape index (κ1) is 14.3. The van der Waals surface area contributed by atoms with E-state index in [0.29, 0.717) is 6.04 Å². The minimum absolute atomic E-state index is 0.696. The van der Waals surface area contributed by atoms with E-state index in [1.54, 1.807) is 0 Å². The second kappa shape index (κ2) is 6.91. The van der Waals surface area contributed by atoms with E-state index in [0.717, 1.165) is 17.8 Å². The topological polar surface area (TPSA) is 15.3 Å². The van der Waals surface area contributed by atoms with Crippen molar-refractivity contribution in [2.75, 3.05) is 26.2 Å². The highest BCUT2D eigenvalue weighted by Gasteiger charge is 2.22. The van der Waals surface area contributed by atoms with Crippen LogP contribution in [0.25, 0.3) is 0 Å². The summed E-state index contributed by atoms with van der Waals surface area (Å²) in [5.74, 6) is 2.77. The van der Waals surface area contributed by atoms with E-state index in [4.69, 9.17) is 0 Å². The average molecular weight is 252 g/mol. The number of nitrogens with zero attached hydrogens (tertiary/aromatic N) is 1. The van der Waals surface area contributed by atoms with Crippen molar-refractivity contribution in [2.24, 2.45) is 17.8 Å². The Morgan fingerprint density at radius 3 is 2.39 bits per heavy atom. The quantitative estimate of drug-likeness (QED) is 0.812. The SMILES string of the molecule is CC1CCC(CN2CCC(C)NCC(C)C2)CC1. The highest BCUT2D eigenvalue weighted by Crippen LogP contribution is 2.29. The molecule has 0 amide bonds. The predicted octanol–water partition coefficient (Wildman–Crippen LogP) is 3.13. The van der Waals surface area contributed by atoms with Crippen molar-refractivity contribution >= 4 is 0 Å². The van der Waals surface area contributed by atoms with Gasteiger partial charge in [0.25, 0.3) is 0 Å². The van der Waals surface area contributed by atoms with Crippen molar-refractivity contribution < 1.29 is 0 Å². The number of rotatable bonds is 2. The van der Waals surface area contributed by atoms with Crippen LogP contribution in [0.3, 0.4) is 0 Å². The summed E-state index contributed by atoms with van der Waals surface area (Å²) in [6.07, 6.45) is 7.19. The monoisotopic (exact) mass is 252 g/mol. The molecule has 1 saturated carbocycles. The fourth-order valence-electron chi connectivity index (χ4n) is 3.52. The molecule has 1 heterocycles. The van der Waals surface area contributed by atoms with Crippen LogP contribution in [0.5, 0.6) is 0 Å². The van der Waals surface area contributed by atoms with Crippen LogP contribution in [-0.2, 0) is 0 Å². The lowest BCUT2D eigenvalue weighted by Gasteiger charge is -2.35. The Labute approximate surface area is 114 Å². The molecule has 2 aliphatic rings. The molecule has 2 heteroatoms. The van der Waals surface area contributed by atoms with Gasteiger partial charge in [0.05, 0.1) is 0 Å². The fourth-order valence-corrected chi connectivity index (χ4v) is 3.52. The third kappa shape index (κ3) is 4.55. The van der Waals surface area contributed by atoms with Crippen LogP contribution in [0.4, 0.5) is 0 Å². The van der Waals surface area contributed by atoms with Gasteiger partial charge in [0.2, 0.25) is 0 Å². The Kier molecular flexibility index (Phi) is 5.50. The Hall–Kier alpha value is -0.0800. The van der Waals surface area contributed by atoms with Gasteiger partial charge in [-0.15, -0.1) is 0 Å². The van der Waals surface area contributed by atoms with Crippen molar-refractivity contribution in [2.45, 2.75) is 58.9 Å². The molecule has 1 saturated heterocycles. The summed E-state index contributed by atoms with van der Waals surface area (Å²) in [6, 6.07) is 0.696. The zero-order chi connectivity index (χ0) is 13.0. The van der Waals surface area contributed by atoms with Crippen molar-refractivity contribution in [3.63, 3.8) is 0 Å². The van der Waals surface area contributed by atoms with E-state index >= 15 is 0 Å². The fraction of sp³-hybridized carbons (Fsp3) is 1.00. The van der Waals surface area contributed by atoms with E-state index < -0.39 is 0 Å². The average Bonchev–Trinajstić information content (AvgIpc) is 2.34. The molecule has 0 bridgehead atoms.